The Balaban J connectivity index is 4.90. The molecule has 0 aromatic carbocycles. The fourth-order valence-electron chi connectivity index (χ4n) is 0.688. The van der Waals surface area contributed by atoms with Crippen LogP contribution in [0.3, 0.4) is 0 Å². The van der Waals surface area contributed by atoms with Crippen molar-refractivity contribution in [3.05, 3.63) is 12.7 Å². The van der Waals surface area contributed by atoms with Crippen LogP contribution >= 0.6 is 0 Å². The van der Waals surface area contributed by atoms with Gasteiger partial charge >= 0.3 is 15.5 Å². The first-order valence-electron chi connectivity index (χ1n) is 3.44. The van der Waals surface area contributed by atoms with Crippen LogP contribution in [0.2, 0.25) is 0 Å². The van der Waals surface area contributed by atoms with E-state index in [-0.39, 0.29) is 13.1 Å². The normalized spacial score (nSPS) is 13.3. The number of rotatable bonds is 4. The fourth-order valence-corrected chi connectivity index (χ4v) is 1.62. The summed E-state index contributed by atoms with van der Waals surface area (Å²) in [6.07, 6.45) is 1.10. The number of hydrogen-bond donors (Lipinski definition) is 0. The molecule has 7 heteroatoms. The molecule has 0 aromatic heterocycles. The van der Waals surface area contributed by atoms with Crippen LogP contribution in [0.15, 0.2) is 12.7 Å². The number of nitrogens with zero attached hydrogens (tertiary/aromatic N) is 1. The molecular weight excluding hydrogens is 207 g/mol. The van der Waals surface area contributed by atoms with Crippen molar-refractivity contribution in [2.75, 3.05) is 13.1 Å². The van der Waals surface area contributed by atoms with Crippen LogP contribution in [-0.2, 0) is 10.0 Å². The van der Waals surface area contributed by atoms with Crippen LogP contribution in [0, 0.1) is 0 Å². The maximum absolute atomic E-state index is 11.9. The molecular formula is C6H10F3NO2S. The number of likely N-dealkylation sites (N-methyl/N-ethyl adjacent to an activating group) is 1. The molecule has 0 radical (unpaired) electrons. The van der Waals surface area contributed by atoms with E-state index in [1.54, 1.807) is 0 Å². The lowest BCUT2D eigenvalue weighted by Crippen LogP contribution is -2.40. The number of halogens is 3. The molecule has 0 aromatic rings. The second-order valence-electron chi connectivity index (χ2n) is 2.19. The highest BCUT2D eigenvalue weighted by molar-refractivity contribution is 7.90. The Bertz CT molecular complexity index is 270. The molecule has 0 heterocycles. The van der Waals surface area contributed by atoms with E-state index in [1.165, 1.54) is 6.92 Å². The Morgan fingerprint density at radius 2 is 1.92 bits per heavy atom. The molecule has 0 spiro atoms. The van der Waals surface area contributed by atoms with E-state index in [0.717, 1.165) is 6.08 Å². The number of alkyl halides is 3. The molecule has 0 atom stereocenters. The summed E-state index contributed by atoms with van der Waals surface area (Å²) in [4.78, 5) is 0. The van der Waals surface area contributed by atoms with Crippen molar-refractivity contribution in [2.24, 2.45) is 0 Å². The first-order valence-corrected chi connectivity index (χ1v) is 4.88. The minimum atomic E-state index is -5.23. The molecule has 0 aliphatic rings. The average molecular weight is 217 g/mol. The monoisotopic (exact) mass is 217 g/mol. The zero-order valence-electron chi connectivity index (χ0n) is 7.00. The number of sulfonamides is 1. The molecule has 0 aliphatic heterocycles. The van der Waals surface area contributed by atoms with E-state index >= 15 is 0 Å². The zero-order valence-corrected chi connectivity index (χ0v) is 7.82. The molecule has 0 fully saturated rings. The smallest absolute Gasteiger partial charge is 0.203 e. The van der Waals surface area contributed by atoms with Crippen molar-refractivity contribution in [3.63, 3.8) is 0 Å². The van der Waals surface area contributed by atoms with E-state index in [1.807, 2.05) is 0 Å². The maximum Gasteiger partial charge on any atom is 0.511 e. The molecule has 0 saturated carbocycles. The van der Waals surface area contributed by atoms with Gasteiger partial charge < -0.3 is 0 Å². The predicted molar refractivity (Wildman–Crippen MR) is 42.4 cm³/mol. The second-order valence-corrected chi connectivity index (χ2v) is 4.12. The minimum absolute atomic E-state index is 0.228. The number of hydrogen-bond acceptors (Lipinski definition) is 2. The lowest BCUT2D eigenvalue weighted by molar-refractivity contribution is -0.0485. The minimum Gasteiger partial charge on any atom is -0.203 e. The average Bonchev–Trinajstić information content (AvgIpc) is 1.97. The SMILES string of the molecule is C=CCN(CC)S(=O)(=O)C(F)(F)F. The van der Waals surface area contributed by atoms with Gasteiger partial charge in [-0.2, -0.15) is 17.5 Å². The summed E-state index contributed by atoms with van der Waals surface area (Å²) in [6, 6.07) is 0. The molecule has 78 valence electrons. The Hall–Kier alpha value is -0.560. The van der Waals surface area contributed by atoms with Crippen molar-refractivity contribution in [1.82, 2.24) is 4.31 Å². The van der Waals surface area contributed by atoms with Gasteiger partial charge in [-0.3, -0.25) is 0 Å². The summed E-state index contributed by atoms with van der Waals surface area (Å²) in [7, 11) is -5.19. The standard InChI is InChI=1S/C6H10F3NO2S/c1-3-5-10(4-2)13(11,12)6(7,8)9/h3H,1,4-5H2,2H3. The van der Waals surface area contributed by atoms with Gasteiger partial charge in [-0.05, 0) is 0 Å². The maximum atomic E-state index is 11.9. The predicted octanol–water partition coefficient (Wildman–Crippen LogP) is 1.34. The first kappa shape index (κ1) is 12.4. The topological polar surface area (TPSA) is 37.4 Å². The van der Waals surface area contributed by atoms with Gasteiger partial charge in [0.15, 0.2) is 0 Å². The fraction of sp³-hybridized carbons (Fsp3) is 0.667. The highest BCUT2D eigenvalue weighted by Gasteiger charge is 2.49. The largest absolute Gasteiger partial charge is 0.511 e. The zero-order chi connectivity index (χ0) is 10.7. The second kappa shape index (κ2) is 4.10. The Labute approximate surface area is 74.9 Å². The van der Waals surface area contributed by atoms with Gasteiger partial charge in [-0.1, -0.05) is 13.0 Å². The van der Waals surface area contributed by atoms with Gasteiger partial charge in [0, 0.05) is 13.1 Å². The highest BCUT2D eigenvalue weighted by atomic mass is 32.2. The van der Waals surface area contributed by atoms with Gasteiger partial charge in [-0.15, -0.1) is 6.58 Å². The van der Waals surface area contributed by atoms with E-state index in [9.17, 15) is 21.6 Å². The third-order valence-electron chi connectivity index (χ3n) is 1.32. The molecule has 3 nitrogen and oxygen atoms in total. The summed E-state index contributed by atoms with van der Waals surface area (Å²) >= 11 is 0. The third-order valence-corrected chi connectivity index (χ3v) is 2.99. The summed E-state index contributed by atoms with van der Waals surface area (Å²) in [6.45, 7) is 3.93. The van der Waals surface area contributed by atoms with Gasteiger partial charge in [0.25, 0.3) is 0 Å². The van der Waals surface area contributed by atoms with E-state index < -0.39 is 15.5 Å². The molecule has 0 saturated heterocycles. The summed E-state index contributed by atoms with van der Waals surface area (Å²) in [5.41, 5.74) is -5.23. The Kier molecular flexibility index (Phi) is 3.92. The lowest BCUT2D eigenvalue weighted by Gasteiger charge is -2.19. The van der Waals surface area contributed by atoms with Crippen LogP contribution in [0.4, 0.5) is 13.2 Å². The van der Waals surface area contributed by atoms with Gasteiger partial charge in [-0.25, -0.2) is 8.42 Å². The van der Waals surface area contributed by atoms with Crippen LogP contribution in [0.5, 0.6) is 0 Å². The van der Waals surface area contributed by atoms with Crippen LogP contribution < -0.4 is 0 Å². The van der Waals surface area contributed by atoms with Crippen molar-refractivity contribution in [1.29, 1.82) is 0 Å². The van der Waals surface area contributed by atoms with Crippen molar-refractivity contribution in [2.45, 2.75) is 12.4 Å². The Morgan fingerprint density at radius 3 is 2.15 bits per heavy atom. The molecule has 0 N–H and O–H groups in total. The van der Waals surface area contributed by atoms with Crippen LogP contribution in [-0.4, -0.2) is 31.3 Å². The molecule has 0 unspecified atom stereocenters. The van der Waals surface area contributed by atoms with Crippen molar-refractivity contribution < 1.29 is 21.6 Å². The third kappa shape index (κ3) is 2.70. The van der Waals surface area contributed by atoms with Gasteiger partial charge in [0.05, 0.1) is 0 Å². The quantitative estimate of drug-likeness (QED) is 0.666. The lowest BCUT2D eigenvalue weighted by atomic mass is 10.6. The van der Waals surface area contributed by atoms with Crippen LogP contribution in [0.1, 0.15) is 6.92 Å². The van der Waals surface area contributed by atoms with Crippen molar-refractivity contribution >= 4 is 10.0 Å². The molecule has 0 bridgehead atoms. The van der Waals surface area contributed by atoms with Crippen molar-refractivity contribution in [3.8, 4) is 0 Å². The van der Waals surface area contributed by atoms with E-state index in [0.29, 0.717) is 4.31 Å². The summed E-state index contributed by atoms with van der Waals surface area (Å²) in [5.74, 6) is 0. The van der Waals surface area contributed by atoms with E-state index in [4.69, 9.17) is 0 Å². The van der Waals surface area contributed by atoms with Gasteiger partial charge in [0.1, 0.15) is 0 Å². The molecule has 0 amide bonds. The highest BCUT2D eigenvalue weighted by Crippen LogP contribution is 2.26. The Morgan fingerprint density at radius 1 is 1.46 bits per heavy atom. The van der Waals surface area contributed by atoms with Crippen LogP contribution in [0.25, 0.3) is 0 Å². The molecule has 0 rings (SSSR count). The summed E-state index contributed by atoms with van der Waals surface area (Å²) < 4.78 is 57.5. The molecule has 0 aliphatic carbocycles. The molecule has 13 heavy (non-hydrogen) atoms. The van der Waals surface area contributed by atoms with Gasteiger partial charge in [0.2, 0.25) is 0 Å². The first-order chi connectivity index (χ1) is 5.77. The summed E-state index contributed by atoms with van der Waals surface area (Å²) in [5, 5.41) is 0. The van der Waals surface area contributed by atoms with E-state index in [2.05, 4.69) is 6.58 Å².